The third-order valence-corrected chi connectivity index (χ3v) is 6.15. The molecule has 6 aromatic rings. The third kappa shape index (κ3) is 2.77. The van der Waals surface area contributed by atoms with E-state index in [1.807, 2.05) is 36.4 Å². The Balaban J connectivity index is 1.90. The summed E-state index contributed by atoms with van der Waals surface area (Å²) >= 11 is 0. The van der Waals surface area contributed by atoms with Crippen LogP contribution in [0.1, 0.15) is 6.92 Å². The van der Waals surface area contributed by atoms with E-state index in [1.165, 1.54) is 39.6 Å². The highest BCUT2D eigenvalue weighted by molar-refractivity contribution is 6.25. The highest BCUT2D eigenvalue weighted by atomic mass is 16.5. The lowest BCUT2D eigenvalue weighted by molar-refractivity contribution is -0.131. The van der Waals surface area contributed by atoms with Gasteiger partial charge in [-0.3, -0.25) is 4.79 Å². The molecule has 6 rings (SSSR count). The van der Waals surface area contributed by atoms with E-state index in [0.717, 1.165) is 21.5 Å². The van der Waals surface area contributed by atoms with Gasteiger partial charge >= 0.3 is 5.97 Å². The van der Waals surface area contributed by atoms with E-state index in [4.69, 9.17) is 4.74 Å². The maximum absolute atomic E-state index is 12.0. The molecule has 0 spiro atoms. The van der Waals surface area contributed by atoms with Crippen LogP contribution in [0.25, 0.3) is 54.2 Å². The molecule has 0 heterocycles. The van der Waals surface area contributed by atoms with Crippen molar-refractivity contribution in [3.63, 3.8) is 0 Å². The van der Waals surface area contributed by atoms with Crippen molar-refractivity contribution >= 4 is 49.1 Å². The van der Waals surface area contributed by atoms with Crippen molar-refractivity contribution in [2.24, 2.45) is 0 Å². The Bertz CT molecular complexity index is 1570. The lowest BCUT2D eigenvalue weighted by Crippen LogP contribution is -2.03. The molecule has 0 N–H and O–H groups in total. The zero-order chi connectivity index (χ0) is 21.7. The van der Waals surface area contributed by atoms with Crippen LogP contribution < -0.4 is 4.74 Å². The molecule has 152 valence electrons. The molecule has 2 heteroatoms. The number of ether oxygens (including phenoxy) is 1. The maximum atomic E-state index is 12.0. The van der Waals surface area contributed by atoms with Gasteiger partial charge in [0.25, 0.3) is 0 Å². The van der Waals surface area contributed by atoms with Gasteiger partial charge in [-0.1, -0.05) is 97.1 Å². The molecule has 0 fully saturated rings. The second-order valence-electron chi connectivity index (χ2n) is 8.08. The minimum atomic E-state index is -0.316. The Morgan fingerprint density at radius 3 is 1.38 bits per heavy atom. The predicted octanol–water partition coefficient (Wildman–Crippen LogP) is 7.89. The second kappa shape index (κ2) is 7.21. The summed E-state index contributed by atoms with van der Waals surface area (Å²) in [5.74, 6) is 0.306. The predicted molar refractivity (Wildman–Crippen MR) is 133 cm³/mol. The van der Waals surface area contributed by atoms with Crippen molar-refractivity contribution < 1.29 is 9.53 Å². The van der Waals surface area contributed by atoms with Crippen molar-refractivity contribution in [3.8, 4) is 16.9 Å². The van der Waals surface area contributed by atoms with Crippen molar-refractivity contribution in [1.29, 1.82) is 0 Å². The quantitative estimate of drug-likeness (QED) is 0.164. The Labute approximate surface area is 185 Å². The largest absolute Gasteiger partial charge is 0.425 e. The molecule has 32 heavy (non-hydrogen) atoms. The van der Waals surface area contributed by atoms with E-state index >= 15 is 0 Å². The average molecular weight is 412 g/mol. The van der Waals surface area contributed by atoms with Crippen LogP contribution in [0.3, 0.4) is 0 Å². The van der Waals surface area contributed by atoms with Gasteiger partial charge in [-0.15, -0.1) is 0 Å². The Morgan fingerprint density at radius 2 is 0.906 bits per heavy atom. The third-order valence-electron chi connectivity index (χ3n) is 6.15. The van der Waals surface area contributed by atoms with Gasteiger partial charge in [0.2, 0.25) is 0 Å². The topological polar surface area (TPSA) is 26.3 Å². The van der Waals surface area contributed by atoms with Gasteiger partial charge in [0.15, 0.2) is 0 Å². The zero-order valence-electron chi connectivity index (χ0n) is 17.6. The van der Waals surface area contributed by atoms with E-state index in [0.29, 0.717) is 5.75 Å². The lowest BCUT2D eigenvalue weighted by atomic mass is 9.86. The van der Waals surface area contributed by atoms with E-state index < -0.39 is 0 Å². The fourth-order valence-corrected chi connectivity index (χ4v) is 4.89. The van der Waals surface area contributed by atoms with Crippen molar-refractivity contribution in [2.45, 2.75) is 6.92 Å². The summed E-state index contributed by atoms with van der Waals surface area (Å²) in [5, 5.41) is 8.86. The number of carbonyl (C=O) groups is 1. The number of rotatable bonds is 2. The van der Waals surface area contributed by atoms with Gasteiger partial charge in [-0.25, -0.2) is 0 Å². The fourth-order valence-electron chi connectivity index (χ4n) is 4.89. The van der Waals surface area contributed by atoms with Crippen LogP contribution in [0, 0.1) is 0 Å². The first kappa shape index (κ1) is 18.6. The van der Waals surface area contributed by atoms with Crippen LogP contribution in [0.4, 0.5) is 0 Å². The Hall–Kier alpha value is -4.17. The molecular formula is C30H20O2. The summed E-state index contributed by atoms with van der Waals surface area (Å²) in [5.41, 5.74) is 2.38. The van der Waals surface area contributed by atoms with Crippen molar-refractivity contribution in [3.05, 3.63) is 103 Å². The van der Waals surface area contributed by atoms with Crippen molar-refractivity contribution in [1.82, 2.24) is 0 Å². The molecule has 0 bridgehead atoms. The van der Waals surface area contributed by atoms with Gasteiger partial charge in [0.1, 0.15) is 5.75 Å². The van der Waals surface area contributed by atoms with Gasteiger partial charge in [-0.05, 0) is 49.5 Å². The standard InChI is InChI=1S/C30H20O2/c1-19(31)32-30-26-16-8-6-14-24(26)29(25-15-7-9-17-27(25)30)28-22-12-4-2-10-20(22)18-21-11-3-5-13-23(21)28/h2-18H,1H3. The van der Waals surface area contributed by atoms with Gasteiger partial charge < -0.3 is 4.74 Å². The molecule has 0 saturated carbocycles. The minimum Gasteiger partial charge on any atom is -0.425 e. The SMILES string of the molecule is CC(=O)Oc1c2ccccc2c(-c2c3ccccc3cc3ccccc23)c2ccccc12. The first-order valence-electron chi connectivity index (χ1n) is 10.7. The Morgan fingerprint density at radius 1 is 0.531 bits per heavy atom. The molecule has 0 atom stereocenters. The summed E-state index contributed by atoms with van der Waals surface area (Å²) in [6, 6.07) is 35.8. The molecule has 2 nitrogen and oxygen atoms in total. The summed E-state index contributed by atoms with van der Waals surface area (Å²) in [7, 11) is 0. The molecular weight excluding hydrogens is 392 g/mol. The van der Waals surface area contributed by atoms with Gasteiger partial charge in [-0.2, -0.15) is 0 Å². The molecule has 0 aliphatic rings. The second-order valence-corrected chi connectivity index (χ2v) is 8.08. The van der Waals surface area contributed by atoms with E-state index in [1.54, 1.807) is 0 Å². The van der Waals surface area contributed by atoms with Crippen molar-refractivity contribution in [2.75, 3.05) is 0 Å². The molecule has 0 aliphatic heterocycles. The molecule has 0 aliphatic carbocycles. The summed E-state index contributed by atoms with van der Waals surface area (Å²) < 4.78 is 5.77. The van der Waals surface area contributed by atoms with E-state index in [2.05, 4.69) is 66.7 Å². The maximum Gasteiger partial charge on any atom is 0.308 e. The smallest absolute Gasteiger partial charge is 0.308 e. The van der Waals surface area contributed by atoms with Gasteiger partial charge in [0, 0.05) is 17.7 Å². The van der Waals surface area contributed by atoms with Crippen LogP contribution in [-0.2, 0) is 4.79 Å². The van der Waals surface area contributed by atoms with Crippen LogP contribution in [0.15, 0.2) is 103 Å². The number of fused-ring (bicyclic) bond motifs is 4. The number of benzene rings is 6. The van der Waals surface area contributed by atoms with E-state index in [-0.39, 0.29) is 5.97 Å². The molecule has 6 aromatic carbocycles. The minimum absolute atomic E-state index is 0.316. The molecule has 0 amide bonds. The Kier molecular flexibility index (Phi) is 4.19. The first-order valence-corrected chi connectivity index (χ1v) is 10.7. The zero-order valence-corrected chi connectivity index (χ0v) is 17.6. The first-order chi connectivity index (χ1) is 15.7. The number of esters is 1. The highest BCUT2D eigenvalue weighted by Gasteiger charge is 2.20. The average Bonchev–Trinajstić information content (AvgIpc) is 2.83. The normalized spacial score (nSPS) is 11.4. The fraction of sp³-hybridized carbons (Fsp3) is 0.0333. The summed E-state index contributed by atoms with van der Waals surface area (Å²) in [4.78, 5) is 12.0. The van der Waals surface area contributed by atoms with Crippen LogP contribution in [0.5, 0.6) is 5.75 Å². The monoisotopic (exact) mass is 412 g/mol. The number of hydrogen-bond donors (Lipinski definition) is 0. The number of carbonyl (C=O) groups excluding carboxylic acids is 1. The van der Waals surface area contributed by atoms with Crippen LogP contribution in [-0.4, -0.2) is 5.97 Å². The molecule has 0 saturated heterocycles. The molecule has 0 aromatic heterocycles. The highest BCUT2D eigenvalue weighted by Crippen LogP contribution is 2.47. The lowest BCUT2D eigenvalue weighted by Gasteiger charge is -2.19. The summed E-state index contributed by atoms with van der Waals surface area (Å²) in [6.45, 7) is 1.45. The van der Waals surface area contributed by atoms with E-state index in [9.17, 15) is 4.79 Å². The summed E-state index contributed by atoms with van der Waals surface area (Å²) in [6.07, 6.45) is 0. The molecule has 0 radical (unpaired) electrons. The molecule has 0 unspecified atom stereocenters. The number of hydrogen-bond acceptors (Lipinski definition) is 2. The van der Waals surface area contributed by atoms with Gasteiger partial charge in [0.05, 0.1) is 0 Å². The van der Waals surface area contributed by atoms with Crippen LogP contribution in [0.2, 0.25) is 0 Å². The van der Waals surface area contributed by atoms with Crippen LogP contribution >= 0.6 is 0 Å².